The van der Waals surface area contributed by atoms with E-state index in [1.807, 2.05) is 60.7 Å². The highest BCUT2D eigenvalue weighted by Crippen LogP contribution is 2.47. The van der Waals surface area contributed by atoms with Crippen molar-refractivity contribution in [3.05, 3.63) is 192 Å². The Labute approximate surface area is 474 Å². The topological polar surface area (TPSA) is 102 Å². The lowest BCUT2D eigenvalue weighted by Gasteiger charge is -2.29. The van der Waals surface area contributed by atoms with Crippen molar-refractivity contribution in [3.8, 4) is 22.6 Å². The molecule has 2 fully saturated rings. The summed E-state index contributed by atoms with van der Waals surface area (Å²) in [5, 5.41) is 23.3. The second kappa shape index (κ2) is 28.0. The lowest BCUT2D eigenvalue weighted by Crippen LogP contribution is -2.14. The van der Waals surface area contributed by atoms with Gasteiger partial charge in [-0.2, -0.15) is 10.2 Å². The Morgan fingerprint density at radius 3 is 1.15 bits per heavy atom. The first-order valence-electron chi connectivity index (χ1n) is 30.1. The highest BCUT2D eigenvalue weighted by atomic mass is 16.5. The smallest absolute Gasteiger partial charge is 0.343 e. The van der Waals surface area contributed by atoms with Crippen molar-refractivity contribution in [3.63, 3.8) is 0 Å². The minimum atomic E-state index is -0.388. The predicted octanol–water partition coefficient (Wildman–Crippen LogP) is 22.2. The minimum Gasteiger partial charge on any atom is -0.423 e. The molecule has 10 rings (SSSR count). The number of benzene rings is 8. The van der Waals surface area contributed by atoms with E-state index in [1.165, 1.54) is 140 Å². The maximum atomic E-state index is 13.3. The van der Waals surface area contributed by atoms with Crippen LogP contribution < -0.4 is 9.47 Å². The number of ether oxygens (including phenoxy) is 2. The van der Waals surface area contributed by atoms with Crippen LogP contribution in [-0.4, -0.2) is 11.9 Å². The van der Waals surface area contributed by atoms with Crippen LogP contribution in [0.1, 0.15) is 186 Å². The molecule has 0 amide bonds. The Balaban J connectivity index is 0.786. The molecule has 2 aliphatic carbocycles. The first-order valence-corrected chi connectivity index (χ1v) is 30.1. The number of nitrogens with zero attached hydrogens (tertiary/aromatic N) is 4. The minimum absolute atomic E-state index is 0.388. The van der Waals surface area contributed by atoms with Crippen LogP contribution in [0.2, 0.25) is 0 Å². The first kappa shape index (κ1) is 55.7. The second-order valence-corrected chi connectivity index (χ2v) is 22.6. The molecule has 0 aromatic heterocycles. The Morgan fingerprint density at radius 2 is 0.762 bits per heavy atom. The maximum absolute atomic E-state index is 13.3. The quantitative estimate of drug-likeness (QED) is 0.0275. The summed E-state index contributed by atoms with van der Waals surface area (Å²) in [6, 6.07) is 54.9. The predicted molar refractivity (Wildman–Crippen MR) is 327 cm³/mol. The van der Waals surface area contributed by atoms with E-state index in [0.29, 0.717) is 57.2 Å². The number of hydrogen-bond donors (Lipinski definition) is 0. The third-order valence-electron chi connectivity index (χ3n) is 17.1. The van der Waals surface area contributed by atoms with Gasteiger partial charge in [0.2, 0.25) is 0 Å². The number of carbonyl (C=O) groups is 2. The molecular weight excluding hydrogens is 985 g/mol. The van der Waals surface area contributed by atoms with Crippen molar-refractivity contribution >= 4 is 56.2 Å². The van der Waals surface area contributed by atoms with Gasteiger partial charge < -0.3 is 9.47 Å². The largest absolute Gasteiger partial charge is 0.423 e. The third-order valence-corrected chi connectivity index (χ3v) is 17.1. The normalized spacial score (nSPS) is 17.6. The van der Waals surface area contributed by atoms with E-state index in [2.05, 4.69) is 74.5 Å². The number of unbranched alkanes of at least 4 members (excludes halogenated alkanes) is 8. The highest BCUT2D eigenvalue weighted by Gasteiger charge is 2.25. The molecule has 8 heteroatoms. The molecule has 0 atom stereocenters. The van der Waals surface area contributed by atoms with E-state index in [-0.39, 0.29) is 11.9 Å². The fourth-order valence-electron chi connectivity index (χ4n) is 12.4. The summed E-state index contributed by atoms with van der Waals surface area (Å²) in [5.74, 6) is 2.94. The van der Waals surface area contributed by atoms with Crippen LogP contribution in [0.25, 0.3) is 32.7 Å². The Morgan fingerprint density at radius 1 is 0.388 bits per heavy atom. The summed E-state index contributed by atoms with van der Waals surface area (Å²) >= 11 is 0. The van der Waals surface area contributed by atoms with Gasteiger partial charge in [-0.25, -0.2) is 9.59 Å². The summed E-state index contributed by atoms with van der Waals surface area (Å²) in [6.45, 7) is 4.55. The van der Waals surface area contributed by atoms with Gasteiger partial charge in [-0.05, 0) is 193 Å². The Hall–Kier alpha value is -7.58. The third kappa shape index (κ3) is 14.6. The molecule has 0 bridgehead atoms. The van der Waals surface area contributed by atoms with E-state index < -0.39 is 0 Å². The highest BCUT2D eigenvalue weighted by molar-refractivity contribution is 6.12. The SMILES string of the molecule is CCCCCCCC1CCC(c2ccc(C(=O)Oc3ccc(N=Nc4ccc5ccccc5c4-c4c(N=Nc5ccc(OC(=O)c6ccc(C7CCC(CCCCCCC)CC7)cc6)cc5)ccc5ccccc45)cc3)cc2)CC1. The van der Waals surface area contributed by atoms with Crippen molar-refractivity contribution in [2.45, 2.75) is 154 Å². The number of fused-ring (bicyclic) bond motifs is 2. The van der Waals surface area contributed by atoms with Crippen LogP contribution >= 0.6 is 0 Å². The lowest BCUT2D eigenvalue weighted by molar-refractivity contribution is 0.0725. The maximum Gasteiger partial charge on any atom is 0.343 e. The van der Waals surface area contributed by atoms with Crippen LogP contribution in [0.4, 0.5) is 22.7 Å². The zero-order valence-corrected chi connectivity index (χ0v) is 47.0. The monoisotopic (exact) mass is 1060 g/mol. The van der Waals surface area contributed by atoms with E-state index in [4.69, 9.17) is 29.9 Å². The van der Waals surface area contributed by atoms with E-state index in [1.54, 1.807) is 48.5 Å². The van der Waals surface area contributed by atoms with E-state index >= 15 is 0 Å². The molecule has 0 radical (unpaired) electrons. The summed E-state index contributed by atoms with van der Waals surface area (Å²) in [5.41, 5.74) is 7.99. The number of carbonyl (C=O) groups excluding carboxylic acids is 2. The summed E-state index contributed by atoms with van der Waals surface area (Å²) in [6.07, 6.45) is 26.4. The van der Waals surface area contributed by atoms with Gasteiger partial charge in [0.05, 0.1) is 33.9 Å². The van der Waals surface area contributed by atoms with Gasteiger partial charge in [-0.1, -0.05) is 176 Å². The Bertz CT molecular complexity index is 3120. The molecule has 80 heavy (non-hydrogen) atoms. The van der Waals surface area contributed by atoms with Crippen LogP contribution in [0.3, 0.4) is 0 Å². The average molecular weight is 1060 g/mol. The van der Waals surface area contributed by atoms with Gasteiger partial charge in [0.1, 0.15) is 11.5 Å². The zero-order chi connectivity index (χ0) is 54.9. The van der Waals surface area contributed by atoms with Crippen molar-refractivity contribution < 1.29 is 19.1 Å². The van der Waals surface area contributed by atoms with Crippen molar-refractivity contribution in [2.75, 3.05) is 0 Å². The fourth-order valence-corrected chi connectivity index (χ4v) is 12.4. The lowest BCUT2D eigenvalue weighted by atomic mass is 9.77. The van der Waals surface area contributed by atoms with Gasteiger partial charge in [0, 0.05) is 11.1 Å². The van der Waals surface area contributed by atoms with Crippen molar-refractivity contribution in [2.24, 2.45) is 32.3 Å². The number of azo groups is 2. The molecule has 2 aliphatic rings. The Kier molecular flexibility index (Phi) is 19.5. The number of esters is 2. The van der Waals surface area contributed by atoms with Crippen LogP contribution in [0.5, 0.6) is 11.5 Å². The van der Waals surface area contributed by atoms with Crippen molar-refractivity contribution in [1.29, 1.82) is 0 Å². The summed E-state index contributed by atoms with van der Waals surface area (Å²) < 4.78 is 11.7. The van der Waals surface area contributed by atoms with E-state index in [9.17, 15) is 9.59 Å². The van der Waals surface area contributed by atoms with E-state index in [0.717, 1.165) is 44.5 Å². The number of hydrogen-bond acceptors (Lipinski definition) is 8. The summed E-state index contributed by atoms with van der Waals surface area (Å²) in [4.78, 5) is 26.6. The molecule has 0 unspecified atom stereocenters. The van der Waals surface area contributed by atoms with Crippen LogP contribution in [0.15, 0.2) is 190 Å². The second-order valence-electron chi connectivity index (χ2n) is 22.6. The zero-order valence-electron chi connectivity index (χ0n) is 47.0. The molecule has 8 aromatic rings. The molecule has 410 valence electrons. The molecule has 0 N–H and O–H groups in total. The average Bonchev–Trinajstić information content (AvgIpc) is 3.52. The van der Waals surface area contributed by atoms with Crippen LogP contribution in [-0.2, 0) is 0 Å². The molecule has 2 saturated carbocycles. The van der Waals surface area contributed by atoms with Gasteiger partial charge >= 0.3 is 11.9 Å². The van der Waals surface area contributed by atoms with Gasteiger partial charge in [-0.15, -0.1) is 10.2 Å². The molecule has 0 aliphatic heterocycles. The molecule has 0 heterocycles. The van der Waals surface area contributed by atoms with Gasteiger partial charge in [-0.3, -0.25) is 0 Å². The summed E-state index contributed by atoms with van der Waals surface area (Å²) in [7, 11) is 0. The van der Waals surface area contributed by atoms with Gasteiger partial charge in [0.25, 0.3) is 0 Å². The molecule has 0 saturated heterocycles. The fraction of sp³-hybridized carbons (Fsp3) is 0.361. The van der Waals surface area contributed by atoms with Gasteiger partial charge in [0.15, 0.2) is 0 Å². The van der Waals surface area contributed by atoms with Crippen molar-refractivity contribution in [1.82, 2.24) is 0 Å². The molecular formula is C72H78N4O4. The molecule has 0 spiro atoms. The first-order chi connectivity index (χ1) is 39.4. The number of rotatable bonds is 23. The molecule has 8 nitrogen and oxygen atoms in total. The molecule has 8 aromatic carbocycles. The standard InChI is InChI=1S/C72H78N4O4/c1-3-5-7-9-11-17-51-23-27-53(28-24-51)55-31-35-59(36-32-55)71(77)79-63-45-41-61(42-46-63)73-75-67-49-39-57-19-13-15-21-65(57)69(67)70-66-22-16-14-20-58(66)40-50-68(70)76-74-62-43-47-64(48-44-62)80-72(78)60-37-33-56(34-38-60)54-29-25-52(26-30-54)18-12-10-8-6-4-2/h13-16,19-22,31-54H,3-12,17-18,23-30H2,1-2H3. The van der Waals surface area contributed by atoms with Crippen LogP contribution in [0, 0.1) is 11.8 Å².